The number of carbonyl (C=O) groups excluding carboxylic acids is 1. The van der Waals surface area contributed by atoms with Gasteiger partial charge in [0.2, 0.25) is 0 Å². The van der Waals surface area contributed by atoms with E-state index in [0.29, 0.717) is 0 Å². The van der Waals surface area contributed by atoms with Gasteiger partial charge in [-0.15, -0.1) is 0 Å². The van der Waals surface area contributed by atoms with Crippen molar-refractivity contribution in [2.75, 3.05) is 0 Å². The summed E-state index contributed by atoms with van der Waals surface area (Å²) in [6.07, 6.45) is -0.847. The highest BCUT2D eigenvalue weighted by molar-refractivity contribution is 5.74. The molecule has 0 radical (unpaired) electrons. The molecular formula is C16H16O3. The Balaban J connectivity index is 1.83. The van der Waals surface area contributed by atoms with Gasteiger partial charge in [0.15, 0.2) is 6.10 Å². The molecule has 0 heterocycles. The molecule has 0 aromatic heterocycles. The molecule has 0 amide bonds. The fourth-order valence-electron chi connectivity index (χ4n) is 1.75. The smallest absolute Gasteiger partial charge is 0.335 e. The van der Waals surface area contributed by atoms with Crippen LogP contribution >= 0.6 is 0 Å². The minimum absolute atomic E-state index is 0.186. The lowest BCUT2D eigenvalue weighted by atomic mass is 10.1. The molecule has 19 heavy (non-hydrogen) atoms. The molecule has 0 aliphatic rings. The third kappa shape index (κ3) is 4.23. The van der Waals surface area contributed by atoms with Gasteiger partial charge in [-0.3, -0.25) is 0 Å². The van der Waals surface area contributed by atoms with Crippen LogP contribution < -0.4 is 0 Å². The van der Waals surface area contributed by atoms with E-state index in [9.17, 15) is 9.90 Å². The highest BCUT2D eigenvalue weighted by Gasteiger charge is 2.17. The highest BCUT2D eigenvalue weighted by Crippen LogP contribution is 2.06. The zero-order valence-corrected chi connectivity index (χ0v) is 10.5. The molecule has 0 saturated carbocycles. The van der Waals surface area contributed by atoms with E-state index >= 15 is 0 Å². The van der Waals surface area contributed by atoms with E-state index in [1.165, 1.54) is 0 Å². The molecule has 3 heteroatoms. The minimum Gasteiger partial charge on any atom is -0.459 e. The van der Waals surface area contributed by atoms with Crippen LogP contribution in [0.1, 0.15) is 11.1 Å². The summed E-state index contributed by atoms with van der Waals surface area (Å²) in [6.45, 7) is 0.186. The maximum atomic E-state index is 11.6. The topological polar surface area (TPSA) is 46.5 Å². The number of carbonyl (C=O) groups is 1. The zero-order chi connectivity index (χ0) is 13.5. The lowest BCUT2D eigenvalue weighted by molar-refractivity contribution is -0.154. The van der Waals surface area contributed by atoms with Crippen LogP contribution in [0.25, 0.3) is 0 Å². The first-order valence-corrected chi connectivity index (χ1v) is 6.18. The van der Waals surface area contributed by atoms with E-state index in [1.807, 2.05) is 60.7 Å². The summed E-state index contributed by atoms with van der Waals surface area (Å²) >= 11 is 0. The molecule has 2 aromatic carbocycles. The number of hydrogen-bond donors (Lipinski definition) is 1. The lowest BCUT2D eigenvalue weighted by Gasteiger charge is -2.10. The van der Waals surface area contributed by atoms with Crippen molar-refractivity contribution in [3.63, 3.8) is 0 Å². The SMILES string of the molecule is O=C(OCc1ccccc1)[C@@H](O)Cc1ccccc1. The molecule has 3 nitrogen and oxygen atoms in total. The molecule has 0 saturated heterocycles. The number of hydrogen-bond acceptors (Lipinski definition) is 3. The van der Waals surface area contributed by atoms with Gasteiger partial charge in [0, 0.05) is 6.42 Å². The fraction of sp³-hybridized carbons (Fsp3) is 0.188. The second-order valence-corrected chi connectivity index (χ2v) is 4.30. The molecule has 2 rings (SSSR count). The second kappa shape index (κ2) is 6.71. The minimum atomic E-state index is -1.12. The largest absolute Gasteiger partial charge is 0.459 e. The summed E-state index contributed by atoms with van der Waals surface area (Å²) in [4.78, 5) is 11.6. The predicted octanol–water partition coefficient (Wildman–Crippen LogP) is 2.33. The normalized spacial score (nSPS) is 11.8. The molecule has 98 valence electrons. The lowest BCUT2D eigenvalue weighted by Crippen LogP contribution is -2.25. The summed E-state index contributed by atoms with van der Waals surface area (Å²) in [5, 5.41) is 9.77. The van der Waals surface area contributed by atoms with E-state index in [0.717, 1.165) is 11.1 Å². The number of esters is 1. The number of ether oxygens (including phenoxy) is 1. The van der Waals surface area contributed by atoms with Gasteiger partial charge in [-0.1, -0.05) is 60.7 Å². The Bertz CT molecular complexity index is 508. The van der Waals surface area contributed by atoms with E-state index in [2.05, 4.69) is 0 Å². The summed E-state index contributed by atoms with van der Waals surface area (Å²) in [5.74, 6) is -0.590. The number of aliphatic hydroxyl groups excluding tert-OH is 1. The summed E-state index contributed by atoms with van der Waals surface area (Å²) in [6, 6.07) is 18.8. The second-order valence-electron chi connectivity index (χ2n) is 4.30. The summed E-state index contributed by atoms with van der Waals surface area (Å²) in [5.41, 5.74) is 1.81. The van der Waals surface area contributed by atoms with Crippen LogP contribution in [0, 0.1) is 0 Å². The van der Waals surface area contributed by atoms with Crippen molar-refractivity contribution < 1.29 is 14.6 Å². The molecule has 0 bridgehead atoms. The maximum Gasteiger partial charge on any atom is 0.335 e. The third-order valence-corrected chi connectivity index (χ3v) is 2.77. The van der Waals surface area contributed by atoms with Crippen molar-refractivity contribution in [3.8, 4) is 0 Å². The first-order valence-electron chi connectivity index (χ1n) is 6.18. The van der Waals surface area contributed by atoms with Gasteiger partial charge >= 0.3 is 5.97 Å². The van der Waals surface area contributed by atoms with Crippen molar-refractivity contribution >= 4 is 5.97 Å². The van der Waals surface area contributed by atoms with E-state index < -0.39 is 12.1 Å². The van der Waals surface area contributed by atoms with Crippen molar-refractivity contribution in [1.29, 1.82) is 0 Å². The van der Waals surface area contributed by atoms with Crippen molar-refractivity contribution in [2.24, 2.45) is 0 Å². The quantitative estimate of drug-likeness (QED) is 0.835. The highest BCUT2D eigenvalue weighted by atomic mass is 16.5. The average Bonchev–Trinajstić information content (AvgIpc) is 2.47. The Kier molecular flexibility index (Phi) is 4.70. The number of benzene rings is 2. The molecule has 0 spiro atoms. The molecule has 0 unspecified atom stereocenters. The van der Waals surface area contributed by atoms with Gasteiger partial charge in [0.05, 0.1) is 0 Å². The van der Waals surface area contributed by atoms with Crippen LogP contribution in [-0.2, 0) is 22.6 Å². The van der Waals surface area contributed by atoms with Crippen molar-refractivity contribution in [3.05, 3.63) is 71.8 Å². The van der Waals surface area contributed by atoms with Crippen LogP contribution in [0.2, 0.25) is 0 Å². The Morgan fingerprint density at radius 3 is 2.05 bits per heavy atom. The van der Waals surface area contributed by atoms with Crippen LogP contribution in [-0.4, -0.2) is 17.2 Å². The van der Waals surface area contributed by atoms with Gasteiger partial charge in [0.25, 0.3) is 0 Å². The molecule has 0 aliphatic heterocycles. The van der Waals surface area contributed by atoms with Gasteiger partial charge in [0.1, 0.15) is 6.61 Å². The molecule has 0 aliphatic carbocycles. The first-order chi connectivity index (χ1) is 9.25. The Morgan fingerprint density at radius 1 is 0.947 bits per heavy atom. The molecular weight excluding hydrogens is 240 g/mol. The van der Waals surface area contributed by atoms with Gasteiger partial charge in [-0.2, -0.15) is 0 Å². The average molecular weight is 256 g/mol. The van der Waals surface area contributed by atoms with Gasteiger partial charge < -0.3 is 9.84 Å². The zero-order valence-electron chi connectivity index (χ0n) is 10.5. The third-order valence-electron chi connectivity index (χ3n) is 2.77. The van der Waals surface area contributed by atoms with Crippen LogP contribution in [0.3, 0.4) is 0 Å². The van der Waals surface area contributed by atoms with Crippen LogP contribution in [0.15, 0.2) is 60.7 Å². The standard InChI is InChI=1S/C16H16O3/c17-15(11-13-7-3-1-4-8-13)16(18)19-12-14-9-5-2-6-10-14/h1-10,15,17H,11-12H2/t15-/m0/s1. The first kappa shape index (κ1) is 13.3. The van der Waals surface area contributed by atoms with Gasteiger partial charge in [-0.25, -0.2) is 4.79 Å². The predicted molar refractivity (Wildman–Crippen MR) is 72.4 cm³/mol. The van der Waals surface area contributed by atoms with Gasteiger partial charge in [-0.05, 0) is 11.1 Å². The molecule has 1 N–H and O–H groups in total. The van der Waals surface area contributed by atoms with E-state index in [-0.39, 0.29) is 13.0 Å². The molecule has 0 fully saturated rings. The Morgan fingerprint density at radius 2 is 1.47 bits per heavy atom. The summed E-state index contributed by atoms with van der Waals surface area (Å²) < 4.78 is 5.07. The monoisotopic (exact) mass is 256 g/mol. The maximum absolute atomic E-state index is 11.6. The van der Waals surface area contributed by atoms with Crippen molar-refractivity contribution in [2.45, 2.75) is 19.1 Å². The molecule has 1 atom stereocenters. The Labute approximate surface area is 112 Å². The Hall–Kier alpha value is -2.13. The molecule has 2 aromatic rings. The number of rotatable bonds is 5. The van der Waals surface area contributed by atoms with E-state index in [1.54, 1.807) is 0 Å². The number of aliphatic hydroxyl groups is 1. The van der Waals surface area contributed by atoms with E-state index in [4.69, 9.17) is 4.74 Å². The van der Waals surface area contributed by atoms with Crippen molar-refractivity contribution in [1.82, 2.24) is 0 Å². The van der Waals surface area contributed by atoms with Crippen LogP contribution in [0.4, 0.5) is 0 Å². The summed E-state index contributed by atoms with van der Waals surface area (Å²) in [7, 11) is 0. The van der Waals surface area contributed by atoms with Crippen LogP contribution in [0.5, 0.6) is 0 Å². The fourth-order valence-corrected chi connectivity index (χ4v) is 1.75.